The van der Waals surface area contributed by atoms with Gasteiger partial charge in [-0.1, -0.05) is 0 Å². The van der Waals surface area contributed by atoms with E-state index in [4.69, 9.17) is 0 Å². The van der Waals surface area contributed by atoms with E-state index in [-0.39, 0.29) is 11.5 Å². The lowest BCUT2D eigenvalue weighted by Crippen LogP contribution is -2.30. The smallest absolute Gasteiger partial charge is 0.315 e. The number of phenolic OH excluding ortho intramolecular Hbond substituents is 2. The van der Waals surface area contributed by atoms with Crippen molar-refractivity contribution in [1.82, 2.24) is 0 Å². The minimum Gasteiger partial charge on any atom is -0.508 e. The summed E-state index contributed by atoms with van der Waals surface area (Å²) in [5.41, 5.74) is -0.647. The Morgan fingerprint density at radius 2 is 1.93 bits per heavy atom. The van der Waals surface area contributed by atoms with Gasteiger partial charge in [-0.25, -0.2) is 0 Å². The maximum absolute atomic E-state index is 11.5. The van der Waals surface area contributed by atoms with Crippen LogP contribution in [0.3, 0.4) is 0 Å². The normalized spacial score (nSPS) is 11.1. The third-order valence-electron chi connectivity index (χ3n) is 2.35. The first-order valence-electron chi connectivity index (χ1n) is 4.50. The van der Waals surface area contributed by atoms with Crippen LogP contribution in [0.1, 0.15) is 19.4 Å². The molecule has 4 heteroatoms. The second-order valence-electron chi connectivity index (χ2n) is 3.82. The molecule has 4 nitrogen and oxygen atoms in total. The van der Waals surface area contributed by atoms with E-state index >= 15 is 0 Å². The summed E-state index contributed by atoms with van der Waals surface area (Å²) in [4.78, 5) is 11.5. The number of esters is 1. The molecule has 1 rings (SSSR count). The molecule has 0 aliphatic heterocycles. The number of hydrogen-bond acceptors (Lipinski definition) is 4. The Hall–Kier alpha value is -1.71. The second-order valence-corrected chi connectivity index (χ2v) is 3.82. The predicted octanol–water partition coefficient (Wildman–Crippen LogP) is 1.55. The van der Waals surface area contributed by atoms with Gasteiger partial charge < -0.3 is 14.9 Å². The largest absolute Gasteiger partial charge is 0.508 e. The van der Waals surface area contributed by atoms with Gasteiger partial charge in [0.1, 0.15) is 11.5 Å². The zero-order valence-electron chi connectivity index (χ0n) is 8.94. The molecule has 1 aromatic rings. The molecule has 15 heavy (non-hydrogen) atoms. The lowest BCUT2D eigenvalue weighted by Gasteiger charge is -2.22. The van der Waals surface area contributed by atoms with Crippen LogP contribution < -0.4 is 0 Å². The molecule has 0 aliphatic rings. The first kappa shape index (κ1) is 11.4. The lowest BCUT2D eigenvalue weighted by molar-refractivity contribution is -0.146. The van der Waals surface area contributed by atoms with Gasteiger partial charge in [-0.05, 0) is 32.0 Å². The Morgan fingerprint density at radius 3 is 2.47 bits per heavy atom. The molecule has 0 unspecified atom stereocenters. The Kier molecular flexibility index (Phi) is 2.88. The highest BCUT2D eigenvalue weighted by Crippen LogP contribution is 2.34. The van der Waals surface area contributed by atoms with Crippen molar-refractivity contribution in [2.45, 2.75) is 19.3 Å². The number of carbonyl (C=O) groups is 1. The average molecular weight is 210 g/mol. The minimum atomic E-state index is -0.989. The average Bonchev–Trinajstić information content (AvgIpc) is 2.20. The molecule has 0 fully saturated rings. The molecule has 0 heterocycles. The zero-order chi connectivity index (χ0) is 11.6. The van der Waals surface area contributed by atoms with Crippen molar-refractivity contribution in [1.29, 1.82) is 0 Å². The molecule has 2 N–H and O–H groups in total. The Bertz CT molecular complexity index is 382. The molecule has 0 amide bonds. The summed E-state index contributed by atoms with van der Waals surface area (Å²) in [6.07, 6.45) is 0. The van der Waals surface area contributed by atoms with Crippen LogP contribution in [0.4, 0.5) is 0 Å². The van der Waals surface area contributed by atoms with Gasteiger partial charge in [0.15, 0.2) is 0 Å². The molecule has 0 saturated heterocycles. The molecule has 82 valence electrons. The maximum Gasteiger partial charge on any atom is 0.315 e. The molecule has 0 radical (unpaired) electrons. The third kappa shape index (κ3) is 2.03. The van der Waals surface area contributed by atoms with Crippen LogP contribution >= 0.6 is 0 Å². The van der Waals surface area contributed by atoms with E-state index in [0.29, 0.717) is 5.56 Å². The van der Waals surface area contributed by atoms with E-state index in [0.717, 1.165) is 0 Å². The quantitative estimate of drug-likeness (QED) is 0.574. The Morgan fingerprint density at radius 1 is 1.33 bits per heavy atom. The first-order valence-corrected chi connectivity index (χ1v) is 4.50. The van der Waals surface area contributed by atoms with Crippen molar-refractivity contribution in [2.24, 2.45) is 0 Å². The zero-order valence-corrected chi connectivity index (χ0v) is 8.94. The number of ether oxygens (including phenoxy) is 1. The van der Waals surface area contributed by atoms with Crippen molar-refractivity contribution < 1.29 is 19.7 Å². The van der Waals surface area contributed by atoms with Crippen LogP contribution in [0, 0.1) is 0 Å². The highest BCUT2D eigenvalue weighted by atomic mass is 16.5. The predicted molar refractivity (Wildman–Crippen MR) is 54.8 cm³/mol. The van der Waals surface area contributed by atoms with Crippen molar-refractivity contribution in [3.63, 3.8) is 0 Å². The molecule has 0 atom stereocenters. The number of rotatable bonds is 2. The summed E-state index contributed by atoms with van der Waals surface area (Å²) in [5, 5.41) is 18.9. The molecule has 0 aliphatic carbocycles. The standard InChI is InChI=1S/C11H14O4/c1-11(2,10(14)15-3)8-6-7(12)4-5-9(8)13/h4-6,12-13H,1-3H3. The topological polar surface area (TPSA) is 66.8 Å². The van der Waals surface area contributed by atoms with Crippen molar-refractivity contribution >= 4 is 5.97 Å². The van der Waals surface area contributed by atoms with E-state index in [1.807, 2.05) is 0 Å². The van der Waals surface area contributed by atoms with E-state index in [1.54, 1.807) is 13.8 Å². The van der Waals surface area contributed by atoms with Gasteiger partial charge in [0, 0.05) is 5.56 Å². The summed E-state index contributed by atoms with van der Waals surface area (Å²) in [6, 6.07) is 4.05. The first-order chi connectivity index (χ1) is 6.89. The molecule has 1 aromatic carbocycles. The van der Waals surface area contributed by atoms with Crippen molar-refractivity contribution in [2.75, 3.05) is 7.11 Å². The fraction of sp³-hybridized carbons (Fsp3) is 0.364. The Labute approximate surface area is 88.1 Å². The van der Waals surface area contributed by atoms with Gasteiger partial charge >= 0.3 is 5.97 Å². The summed E-state index contributed by atoms with van der Waals surface area (Å²) in [7, 11) is 1.28. The number of methoxy groups -OCH3 is 1. The summed E-state index contributed by atoms with van der Waals surface area (Å²) in [5.74, 6) is -0.508. The number of carbonyl (C=O) groups excluding carboxylic acids is 1. The minimum absolute atomic E-state index is 0.000205. The second kappa shape index (κ2) is 3.81. The molecule has 0 spiro atoms. The lowest BCUT2D eigenvalue weighted by atomic mass is 9.84. The summed E-state index contributed by atoms with van der Waals surface area (Å²) >= 11 is 0. The summed E-state index contributed by atoms with van der Waals surface area (Å²) < 4.78 is 4.63. The highest BCUT2D eigenvalue weighted by Gasteiger charge is 2.33. The number of benzene rings is 1. The van der Waals surface area contributed by atoms with Crippen LogP contribution in [-0.4, -0.2) is 23.3 Å². The molecule has 0 saturated carbocycles. The monoisotopic (exact) mass is 210 g/mol. The fourth-order valence-electron chi connectivity index (χ4n) is 1.39. The molecule has 0 aromatic heterocycles. The van der Waals surface area contributed by atoms with E-state index in [9.17, 15) is 15.0 Å². The fourth-order valence-corrected chi connectivity index (χ4v) is 1.39. The maximum atomic E-state index is 11.5. The summed E-state index contributed by atoms with van der Waals surface area (Å²) in [6.45, 7) is 3.24. The van der Waals surface area contributed by atoms with Gasteiger partial charge in [-0.2, -0.15) is 0 Å². The van der Waals surface area contributed by atoms with Crippen LogP contribution in [0.25, 0.3) is 0 Å². The van der Waals surface area contributed by atoms with E-state index in [2.05, 4.69) is 4.74 Å². The van der Waals surface area contributed by atoms with Gasteiger partial charge in [0.05, 0.1) is 12.5 Å². The van der Waals surface area contributed by atoms with Crippen LogP contribution in [0.2, 0.25) is 0 Å². The van der Waals surface area contributed by atoms with Gasteiger partial charge in [0.25, 0.3) is 0 Å². The van der Waals surface area contributed by atoms with Crippen LogP contribution in [0.15, 0.2) is 18.2 Å². The SMILES string of the molecule is COC(=O)C(C)(C)c1cc(O)ccc1O. The third-order valence-corrected chi connectivity index (χ3v) is 2.35. The van der Waals surface area contributed by atoms with Gasteiger partial charge in [-0.3, -0.25) is 4.79 Å². The van der Waals surface area contributed by atoms with E-state index < -0.39 is 11.4 Å². The number of hydrogen-bond donors (Lipinski definition) is 2. The van der Waals surface area contributed by atoms with Gasteiger partial charge in [-0.15, -0.1) is 0 Å². The molecular formula is C11H14O4. The van der Waals surface area contributed by atoms with Crippen LogP contribution in [0.5, 0.6) is 11.5 Å². The molecular weight excluding hydrogens is 196 g/mol. The van der Waals surface area contributed by atoms with Crippen LogP contribution in [-0.2, 0) is 14.9 Å². The number of phenols is 2. The Balaban J connectivity index is 3.25. The number of aromatic hydroxyl groups is 2. The van der Waals surface area contributed by atoms with Gasteiger partial charge in [0.2, 0.25) is 0 Å². The molecule has 0 bridgehead atoms. The van der Waals surface area contributed by atoms with E-state index in [1.165, 1.54) is 25.3 Å². The highest BCUT2D eigenvalue weighted by molar-refractivity contribution is 5.83. The van der Waals surface area contributed by atoms with Crippen molar-refractivity contribution in [3.05, 3.63) is 23.8 Å². The van der Waals surface area contributed by atoms with Crippen molar-refractivity contribution in [3.8, 4) is 11.5 Å².